The molecule has 0 aromatic heterocycles. The third-order valence-electron chi connectivity index (χ3n) is 1.87. The Kier molecular flexibility index (Phi) is 2.26. The second kappa shape index (κ2) is 3.05. The third-order valence-corrected chi connectivity index (χ3v) is 1.87. The van der Waals surface area contributed by atoms with Crippen LogP contribution in [0.2, 0.25) is 0 Å². The molecule has 0 amide bonds. The van der Waals surface area contributed by atoms with Gasteiger partial charge in [-0.1, -0.05) is 6.92 Å². The normalized spacial score (nSPS) is 28.8. The summed E-state index contributed by atoms with van der Waals surface area (Å²) in [6, 6.07) is 0. The van der Waals surface area contributed by atoms with Crippen molar-refractivity contribution in [2.75, 3.05) is 0 Å². The molecule has 0 spiro atoms. The van der Waals surface area contributed by atoms with Crippen LogP contribution in [0.1, 0.15) is 20.3 Å². The molecule has 4 nitrogen and oxygen atoms in total. The van der Waals surface area contributed by atoms with E-state index in [1.54, 1.807) is 6.92 Å². The fourth-order valence-corrected chi connectivity index (χ4v) is 1.22. The molecule has 0 radical (unpaired) electrons. The van der Waals surface area contributed by atoms with Crippen LogP contribution in [0, 0.1) is 5.92 Å². The van der Waals surface area contributed by atoms with Gasteiger partial charge in [-0.3, -0.25) is 14.4 Å². The second-order valence-corrected chi connectivity index (χ2v) is 2.78. The van der Waals surface area contributed by atoms with E-state index < -0.39 is 29.6 Å². The molecule has 1 fully saturated rings. The minimum atomic E-state index is -1.16. The molecule has 0 N–H and O–H groups in total. The lowest BCUT2D eigenvalue weighted by Crippen LogP contribution is -2.25. The van der Waals surface area contributed by atoms with E-state index in [-0.39, 0.29) is 0 Å². The summed E-state index contributed by atoms with van der Waals surface area (Å²) >= 11 is 0. The first kappa shape index (κ1) is 8.90. The van der Waals surface area contributed by atoms with Gasteiger partial charge in [0, 0.05) is 0 Å². The Morgan fingerprint density at radius 2 is 2.08 bits per heavy atom. The smallest absolute Gasteiger partial charge is 0.324 e. The zero-order valence-corrected chi connectivity index (χ0v) is 6.99. The number of hydrogen-bond acceptors (Lipinski definition) is 4. The molecule has 1 aliphatic rings. The molecule has 0 aromatic carbocycles. The molecule has 1 aliphatic heterocycles. The van der Waals surface area contributed by atoms with Crippen molar-refractivity contribution in [3.8, 4) is 0 Å². The molecule has 1 saturated heterocycles. The van der Waals surface area contributed by atoms with Crippen molar-refractivity contribution in [3.05, 3.63) is 0 Å². The van der Waals surface area contributed by atoms with Crippen LogP contribution in [-0.4, -0.2) is 23.6 Å². The Morgan fingerprint density at radius 1 is 1.50 bits per heavy atom. The van der Waals surface area contributed by atoms with Gasteiger partial charge in [0.2, 0.25) is 0 Å². The van der Waals surface area contributed by atoms with Gasteiger partial charge in [0.25, 0.3) is 0 Å². The molecule has 0 aliphatic carbocycles. The van der Waals surface area contributed by atoms with E-state index in [4.69, 9.17) is 0 Å². The number of rotatable bonds is 2. The van der Waals surface area contributed by atoms with Gasteiger partial charge in [-0.05, 0) is 13.3 Å². The Morgan fingerprint density at radius 3 is 2.33 bits per heavy atom. The largest absolute Gasteiger partial charge is 0.453 e. The summed E-state index contributed by atoms with van der Waals surface area (Å²) in [5.41, 5.74) is 0. The lowest BCUT2D eigenvalue weighted by atomic mass is 9.98. The second-order valence-electron chi connectivity index (χ2n) is 2.78. The number of esters is 1. The first-order chi connectivity index (χ1) is 5.57. The van der Waals surface area contributed by atoms with E-state index in [0.717, 1.165) is 0 Å². The quantitative estimate of drug-likeness (QED) is 0.435. The SMILES string of the molecule is CCC1OC(=O)C(C(C)=O)C1=O. The maximum Gasteiger partial charge on any atom is 0.324 e. The number of hydrogen-bond donors (Lipinski definition) is 0. The maximum atomic E-state index is 11.2. The van der Waals surface area contributed by atoms with Crippen LogP contribution in [0.4, 0.5) is 0 Å². The van der Waals surface area contributed by atoms with E-state index in [1.807, 2.05) is 0 Å². The van der Waals surface area contributed by atoms with Gasteiger partial charge in [0.05, 0.1) is 0 Å². The highest BCUT2D eigenvalue weighted by Crippen LogP contribution is 2.20. The minimum Gasteiger partial charge on any atom is -0.453 e. The molecule has 1 heterocycles. The Bertz CT molecular complexity index is 243. The Balaban J connectivity index is 2.84. The van der Waals surface area contributed by atoms with Crippen LogP contribution in [0.25, 0.3) is 0 Å². The summed E-state index contributed by atoms with van der Waals surface area (Å²) < 4.78 is 4.69. The number of carbonyl (C=O) groups excluding carboxylic acids is 3. The first-order valence-electron chi connectivity index (χ1n) is 3.82. The standard InChI is InChI=1S/C8H10O4/c1-3-5-7(10)6(4(2)9)8(11)12-5/h5-6H,3H2,1-2H3. The number of carbonyl (C=O) groups is 3. The van der Waals surface area contributed by atoms with Gasteiger partial charge in [0.1, 0.15) is 0 Å². The summed E-state index contributed by atoms with van der Waals surface area (Å²) in [5, 5.41) is 0. The van der Waals surface area contributed by atoms with Crippen LogP contribution in [-0.2, 0) is 19.1 Å². The zero-order valence-electron chi connectivity index (χ0n) is 6.99. The monoisotopic (exact) mass is 170 g/mol. The van der Waals surface area contributed by atoms with Gasteiger partial charge in [-0.2, -0.15) is 0 Å². The number of Topliss-reactive ketones (excluding diaryl/α,β-unsaturated/α-hetero) is 2. The molecule has 66 valence electrons. The van der Waals surface area contributed by atoms with Gasteiger partial charge in [0.15, 0.2) is 23.6 Å². The average Bonchev–Trinajstić information content (AvgIpc) is 2.25. The molecule has 1 rings (SSSR count). The molecule has 12 heavy (non-hydrogen) atoms. The lowest BCUT2D eigenvalue weighted by molar-refractivity contribution is -0.146. The predicted molar refractivity (Wildman–Crippen MR) is 39.3 cm³/mol. The van der Waals surface area contributed by atoms with Crippen LogP contribution < -0.4 is 0 Å². The zero-order chi connectivity index (χ0) is 9.30. The number of ketones is 2. The summed E-state index contributed by atoms with van der Waals surface area (Å²) in [4.78, 5) is 33.0. The van der Waals surface area contributed by atoms with Gasteiger partial charge >= 0.3 is 5.97 Å². The molecular formula is C8H10O4. The van der Waals surface area contributed by atoms with E-state index in [1.165, 1.54) is 6.92 Å². The highest BCUT2D eigenvalue weighted by molar-refractivity contribution is 6.21. The van der Waals surface area contributed by atoms with Gasteiger partial charge in [-0.15, -0.1) is 0 Å². The first-order valence-corrected chi connectivity index (χ1v) is 3.82. The van der Waals surface area contributed by atoms with Crippen molar-refractivity contribution in [1.29, 1.82) is 0 Å². The third kappa shape index (κ3) is 1.24. The molecule has 0 saturated carbocycles. The summed E-state index contributed by atoms with van der Waals surface area (Å²) in [7, 11) is 0. The van der Waals surface area contributed by atoms with Crippen LogP contribution >= 0.6 is 0 Å². The highest BCUT2D eigenvalue weighted by Gasteiger charge is 2.45. The topological polar surface area (TPSA) is 60.4 Å². The molecule has 0 bridgehead atoms. The highest BCUT2D eigenvalue weighted by atomic mass is 16.6. The molecule has 2 unspecified atom stereocenters. The predicted octanol–water partition coefficient (Wildman–Crippen LogP) is 0.0961. The van der Waals surface area contributed by atoms with Crippen molar-refractivity contribution in [2.24, 2.45) is 5.92 Å². The van der Waals surface area contributed by atoms with E-state index in [0.29, 0.717) is 6.42 Å². The number of cyclic esters (lactones) is 1. The van der Waals surface area contributed by atoms with Gasteiger partial charge in [-0.25, -0.2) is 0 Å². The molecule has 2 atom stereocenters. The molecular weight excluding hydrogens is 160 g/mol. The average molecular weight is 170 g/mol. The molecule has 0 aromatic rings. The maximum absolute atomic E-state index is 11.2. The van der Waals surface area contributed by atoms with Crippen molar-refractivity contribution < 1.29 is 19.1 Å². The summed E-state index contributed by atoms with van der Waals surface area (Å²) in [6.45, 7) is 2.96. The van der Waals surface area contributed by atoms with E-state index >= 15 is 0 Å². The fraction of sp³-hybridized carbons (Fsp3) is 0.625. The number of ether oxygens (including phenoxy) is 1. The Labute approximate surface area is 69.9 Å². The van der Waals surface area contributed by atoms with Crippen molar-refractivity contribution >= 4 is 17.5 Å². The molecule has 4 heteroatoms. The Hall–Kier alpha value is -1.19. The van der Waals surface area contributed by atoms with Gasteiger partial charge < -0.3 is 4.74 Å². The summed E-state index contributed by atoms with van der Waals surface area (Å²) in [6.07, 6.45) is -0.264. The van der Waals surface area contributed by atoms with Crippen LogP contribution in [0.3, 0.4) is 0 Å². The van der Waals surface area contributed by atoms with Crippen molar-refractivity contribution in [2.45, 2.75) is 26.4 Å². The fourth-order valence-electron chi connectivity index (χ4n) is 1.22. The van der Waals surface area contributed by atoms with E-state index in [9.17, 15) is 14.4 Å². The van der Waals surface area contributed by atoms with E-state index in [2.05, 4.69) is 4.74 Å². The lowest BCUT2D eigenvalue weighted by Gasteiger charge is -2.00. The van der Waals surface area contributed by atoms with Crippen molar-refractivity contribution in [3.63, 3.8) is 0 Å². The van der Waals surface area contributed by atoms with Crippen LogP contribution in [0.15, 0.2) is 0 Å². The minimum absolute atomic E-state index is 0.394. The van der Waals surface area contributed by atoms with Crippen LogP contribution in [0.5, 0.6) is 0 Å². The van der Waals surface area contributed by atoms with Crippen molar-refractivity contribution in [1.82, 2.24) is 0 Å². The summed E-state index contributed by atoms with van der Waals surface area (Å²) in [5.74, 6) is -2.68.